The van der Waals surface area contributed by atoms with Gasteiger partial charge >= 0.3 is 0 Å². The normalized spacial score (nSPS) is 9.08. The van der Waals surface area contributed by atoms with Crippen molar-refractivity contribution in [1.29, 1.82) is 10.7 Å². The molecule has 60 valence electrons. The number of rotatable bonds is 1. The van der Waals surface area contributed by atoms with Crippen molar-refractivity contribution in [2.75, 3.05) is 0 Å². The Hall–Kier alpha value is -0.660. The molecule has 0 fully saturated rings. The number of benzene rings is 1. The zero-order valence-electron chi connectivity index (χ0n) is 5.94. The monoisotopic (exact) mass is 286 g/mol. The highest BCUT2D eigenvalue weighted by Crippen LogP contribution is 2.24. The standard InChI is InChI=1S/C8H4Br2N2/c9-7-1-5(3-11)8(10)2-6(7)4-12/h1-3,11H. The Balaban J connectivity index is 3.38. The van der Waals surface area contributed by atoms with Gasteiger partial charge < -0.3 is 5.41 Å². The smallest absolute Gasteiger partial charge is 0.100 e. The Morgan fingerprint density at radius 3 is 2.50 bits per heavy atom. The number of nitrogens with zero attached hydrogens (tertiary/aromatic N) is 1. The number of hydrogen-bond acceptors (Lipinski definition) is 2. The number of hydrogen-bond donors (Lipinski definition) is 1. The van der Waals surface area contributed by atoms with Crippen LogP contribution < -0.4 is 0 Å². The van der Waals surface area contributed by atoms with Crippen LogP contribution in [0.2, 0.25) is 0 Å². The van der Waals surface area contributed by atoms with Gasteiger partial charge in [-0.3, -0.25) is 0 Å². The molecule has 1 aromatic carbocycles. The molecule has 1 rings (SSSR count). The Morgan fingerprint density at radius 2 is 2.00 bits per heavy atom. The van der Waals surface area contributed by atoms with Gasteiger partial charge in [-0.2, -0.15) is 5.26 Å². The van der Waals surface area contributed by atoms with E-state index in [0.717, 1.165) is 10.0 Å². The van der Waals surface area contributed by atoms with E-state index in [9.17, 15) is 0 Å². The van der Waals surface area contributed by atoms with Gasteiger partial charge in [-0.15, -0.1) is 0 Å². The molecule has 0 aliphatic carbocycles. The van der Waals surface area contributed by atoms with Gasteiger partial charge in [0, 0.05) is 20.7 Å². The van der Waals surface area contributed by atoms with Crippen molar-refractivity contribution in [2.45, 2.75) is 0 Å². The van der Waals surface area contributed by atoms with Crippen molar-refractivity contribution in [3.05, 3.63) is 32.2 Å². The first-order chi connectivity index (χ1) is 5.69. The highest BCUT2D eigenvalue weighted by Gasteiger charge is 2.03. The SMILES string of the molecule is N#Cc1cc(Br)c(C=N)cc1Br. The molecule has 0 unspecified atom stereocenters. The van der Waals surface area contributed by atoms with Crippen LogP contribution >= 0.6 is 31.9 Å². The van der Waals surface area contributed by atoms with Crippen molar-refractivity contribution >= 4 is 38.1 Å². The summed E-state index contributed by atoms with van der Waals surface area (Å²) >= 11 is 6.49. The third-order valence-electron chi connectivity index (χ3n) is 1.36. The average molecular weight is 288 g/mol. The van der Waals surface area contributed by atoms with E-state index in [1.54, 1.807) is 12.1 Å². The predicted molar refractivity (Wildman–Crippen MR) is 54.4 cm³/mol. The Kier molecular flexibility index (Phi) is 3.01. The first-order valence-corrected chi connectivity index (χ1v) is 4.67. The van der Waals surface area contributed by atoms with Crippen LogP contribution in [-0.4, -0.2) is 6.21 Å². The second-order valence-corrected chi connectivity index (χ2v) is 3.82. The van der Waals surface area contributed by atoms with E-state index in [1.165, 1.54) is 6.21 Å². The summed E-state index contributed by atoms with van der Waals surface area (Å²) in [6, 6.07) is 5.45. The molecule has 0 spiro atoms. The van der Waals surface area contributed by atoms with E-state index in [2.05, 4.69) is 31.9 Å². The van der Waals surface area contributed by atoms with Gasteiger partial charge in [0.1, 0.15) is 6.07 Å². The summed E-state index contributed by atoms with van der Waals surface area (Å²) in [5.74, 6) is 0. The van der Waals surface area contributed by atoms with Gasteiger partial charge in [0.05, 0.1) is 5.56 Å². The third-order valence-corrected chi connectivity index (χ3v) is 2.71. The molecule has 0 radical (unpaired) electrons. The second-order valence-electron chi connectivity index (χ2n) is 2.11. The lowest BCUT2D eigenvalue weighted by molar-refractivity contribution is 1.44. The fourth-order valence-electron chi connectivity index (χ4n) is 0.759. The fraction of sp³-hybridized carbons (Fsp3) is 0. The van der Waals surface area contributed by atoms with Crippen LogP contribution in [0, 0.1) is 16.7 Å². The quantitative estimate of drug-likeness (QED) is 0.793. The maximum atomic E-state index is 8.65. The van der Waals surface area contributed by atoms with Crippen LogP contribution in [0.5, 0.6) is 0 Å². The molecule has 1 aromatic rings. The van der Waals surface area contributed by atoms with Crippen molar-refractivity contribution in [2.24, 2.45) is 0 Å². The van der Waals surface area contributed by atoms with Crippen molar-refractivity contribution in [3.63, 3.8) is 0 Å². The molecule has 0 atom stereocenters. The van der Waals surface area contributed by atoms with Crippen molar-refractivity contribution in [1.82, 2.24) is 0 Å². The summed E-state index contributed by atoms with van der Waals surface area (Å²) < 4.78 is 1.48. The summed E-state index contributed by atoms with van der Waals surface area (Å²) in [7, 11) is 0. The molecule has 0 aliphatic rings. The lowest BCUT2D eigenvalue weighted by Crippen LogP contribution is -1.85. The van der Waals surface area contributed by atoms with Crippen LogP contribution in [0.15, 0.2) is 21.1 Å². The molecule has 0 aliphatic heterocycles. The van der Waals surface area contributed by atoms with E-state index >= 15 is 0 Å². The van der Waals surface area contributed by atoms with Gasteiger partial charge in [0.15, 0.2) is 0 Å². The molecule has 4 heteroatoms. The highest BCUT2D eigenvalue weighted by molar-refractivity contribution is 9.11. The summed E-state index contributed by atoms with van der Waals surface area (Å²) in [5, 5.41) is 15.7. The molecule has 2 nitrogen and oxygen atoms in total. The molecular formula is C8H4Br2N2. The molecule has 0 heterocycles. The van der Waals surface area contributed by atoms with Crippen LogP contribution in [0.25, 0.3) is 0 Å². The summed E-state index contributed by atoms with van der Waals surface area (Å²) in [5.41, 5.74) is 1.31. The van der Waals surface area contributed by atoms with Gasteiger partial charge in [-0.05, 0) is 28.1 Å². The first kappa shape index (κ1) is 9.43. The molecule has 0 amide bonds. The minimum absolute atomic E-state index is 0.562. The van der Waals surface area contributed by atoms with Crippen molar-refractivity contribution in [3.8, 4) is 6.07 Å². The first-order valence-electron chi connectivity index (χ1n) is 3.08. The number of nitriles is 1. The molecule has 0 saturated carbocycles. The summed E-state index contributed by atoms with van der Waals surface area (Å²) in [4.78, 5) is 0. The minimum Gasteiger partial charge on any atom is -0.308 e. The van der Waals surface area contributed by atoms with E-state index < -0.39 is 0 Å². The Morgan fingerprint density at radius 1 is 1.33 bits per heavy atom. The predicted octanol–water partition coefficient (Wildman–Crippen LogP) is 3.08. The van der Waals surface area contributed by atoms with Crippen LogP contribution in [0.3, 0.4) is 0 Å². The molecule has 0 saturated heterocycles. The lowest BCUT2D eigenvalue weighted by atomic mass is 10.2. The van der Waals surface area contributed by atoms with Gasteiger partial charge in [0.2, 0.25) is 0 Å². The Labute approximate surface area is 87.0 Å². The highest BCUT2D eigenvalue weighted by atomic mass is 79.9. The summed E-state index contributed by atoms with van der Waals surface area (Å²) in [6.45, 7) is 0. The van der Waals surface area contributed by atoms with Gasteiger partial charge in [-0.25, -0.2) is 0 Å². The number of nitrogens with one attached hydrogen (secondary N) is 1. The van der Waals surface area contributed by atoms with Crippen LogP contribution in [-0.2, 0) is 0 Å². The number of halogens is 2. The van der Waals surface area contributed by atoms with E-state index in [-0.39, 0.29) is 0 Å². The molecule has 12 heavy (non-hydrogen) atoms. The second kappa shape index (κ2) is 3.83. The fourth-order valence-corrected chi connectivity index (χ4v) is 1.67. The molecule has 0 bridgehead atoms. The van der Waals surface area contributed by atoms with E-state index in [0.29, 0.717) is 10.0 Å². The largest absolute Gasteiger partial charge is 0.308 e. The maximum absolute atomic E-state index is 8.65. The van der Waals surface area contributed by atoms with Gasteiger partial charge in [-0.1, -0.05) is 15.9 Å². The van der Waals surface area contributed by atoms with Gasteiger partial charge in [0.25, 0.3) is 0 Å². The maximum Gasteiger partial charge on any atom is 0.100 e. The average Bonchev–Trinajstić information content (AvgIpc) is 2.08. The summed E-state index contributed by atoms with van der Waals surface area (Å²) in [6.07, 6.45) is 1.23. The Bertz CT molecular complexity index is 366. The van der Waals surface area contributed by atoms with Crippen LogP contribution in [0.4, 0.5) is 0 Å². The molecule has 0 aromatic heterocycles. The molecule has 1 N–H and O–H groups in total. The third kappa shape index (κ3) is 1.74. The topological polar surface area (TPSA) is 47.6 Å². The minimum atomic E-state index is 0.562. The zero-order valence-corrected chi connectivity index (χ0v) is 9.11. The molecular weight excluding hydrogens is 284 g/mol. The zero-order chi connectivity index (χ0) is 9.14. The van der Waals surface area contributed by atoms with Crippen LogP contribution in [0.1, 0.15) is 11.1 Å². The lowest BCUT2D eigenvalue weighted by Gasteiger charge is -1.99. The van der Waals surface area contributed by atoms with E-state index in [1.807, 2.05) is 6.07 Å². The van der Waals surface area contributed by atoms with Crippen molar-refractivity contribution < 1.29 is 0 Å². The van der Waals surface area contributed by atoms with E-state index in [4.69, 9.17) is 10.7 Å².